The average Bonchev–Trinajstić information content (AvgIpc) is 2.67. The SMILES string of the molecule is CC(C)CC[Si]1(c2ccccc2)CCC(c2ccc(C(=O)O)cc2)CC1. The lowest BCUT2D eigenvalue weighted by Crippen LogP contribution is -2.49. The van der Waals surface area contributed by atoms with Crippen molar-refractivity contribution in [2.75, 3.05) is 0 Å². The van der Waals surface area contributed by atoms with Gasteiger partial charge in [0.2, 0.25) is 0 Å². The van der Waals surface area contributed by atoms with Crippen molar-refractivity contribution in [2.45, 2.75) is 57.2 Å². The molecule has 26 heavy (non-hydrogen) atoms. The molecule has 138 valence electrons. The zero-order valence-electron chi connectivity index (χ0n) is 15.9. The largest absolute Gasteiger partial charge is 0.478 e. The summed E-state index contributed by atoms with van der Waals surface area (Å²) in [6.45, 7) is 4.67. The quantitative estimate of drug-likeness (QED) is 0.669. The molecule has 0 aliphatic carbocycles. The van der Waals surface area contributed by atoms with E-state index in [4.69, 9.17) is 5.11 Å². The zero-order valence-corrected chi connectivity index (χ0v) is 16.9. The molecule has 1 fully saturated rings. The highest BCUT2D eigenvalue weighted by atomic mass is 28.3. The molecule has 2 nitrogen and oxygen atoms in total. The molecule has 0 bridgehead atoms. The van der Waals surface area contributed by atoms with Crippen molar-refractivity contribution in [1.29, 1.82) is 0 Å². The summed E-state index contributed by atoms with van der Waals surface area (Å²) in [7, 11) is -1.42. The van der Waals surface area contributed by atoms with Crippen LogP contribution in [0.3, 0.4) is 0 Å². The molecule has 3 rings (SSSR count). The molecule has 0 radical (unpaired) electrons. The Balaban J connectivity index is 1.74. The number of carboxylic acid groups (broad SMARTS) is 1. The van der Waals surface area contributed by atoms with E-state index in [9.17, 15) is 4.79 Å². The predicted molar refractivity (Wildman–Crippen MR) is 111 cm³/mol. The van der Waals surface area contributed by atoms with Crippen molar-refractivity contribution >= 4 is 19.2 Å². The van der Waals surface area contributed by atoms with Gasteiger partial charge in [-0.1, -0.05) is 86.1 Å². The van der Waals surface area contributed by atoms with E-state index in [0.29, 0.717) is 11.5 Å². The number of carbonyl (C=O) groups is 1. The van der Waals surface area contributed by atoms with Gasteiger partial charge in [-0.05, 0) is 42.4 Å². The lowest BCUT2D eigenvalue weighted by atomic mass is 9.93. The first kappa shape index (κ1) is 18.9. The van der Waals surface area contributed by atoms with Gasteiger partial charge in [0.15, 0.2) is 0 Å². The van der Waals surface area contributed by atoms with Gasteiger partial charge >= 0.3 is 5.97 Å². The van der Waals surface area contributed by atoms with Crippen LogP contribution in [0.25, 0.3) is 0 Å². The van der Waals surface area contributed by atoms with Crippen LogP contribution in [0.5, 0.6) is 0 Å². The fourth-order valence-corrected chi connectivity index (χ4v) is 9.89. The number of rotatable bonds is 6. The van der Waals surface area contributed by atoms with Crippen LogP contribution < -0.4 is 5.19 Å². The maximum absolute atomic E-state index is 11.1. The summed E-state index contributed by atoms with van der Waals surface area (Å²) in [6.07, 6.45) is 3.82. The Morgan fingerprint density at radius 3 is 2.19 bits per heavy atom. The van der Waals surface area contributed by atoms with Gasteiger partial charge in [0.1, 0.15) is 0 Å². The van der Waals surface area contributed by atoms with Crippen LogP contribution in [0.2, 0.25) is 18.1 Å². The number of hydrogen-bond donors (Lipinski definition) is 1. The minimum atomic E-state index is -1.42. The molecule has 1 saturated heterocycles. The van der Waals surface area contributed by atoms with Gasteiger partial charge in [0, 0.05) is 0 Å². The van der Waals surface area contributed by atoms with Crippen molar-refractivity contribution in [3.8, 4) is 0 Å². The molecule has 1 aliphatic heterocycles. The summed E-state index contributed by atoms with van der Waals surface area (Å²) in [5, 5.41) is 10.7. The lowest BCUT2D eigenvalue weighted by Gasteiger charge is -2.40. The molecule has 0 spiro atoms. The van der Waals surface area contributed by atoms with Crippen LogP contribution in [0, 0.1) is 5.92 Å². The summed E-state index contributed by atoms with van der Waals surface area (Å²) in [6, 6.07) is 23.0. The minimum absolute atomic E-state index is 0.384. The van der Waals surface area contributed by atoms with Crippen molar-refractivity contribution in [1.82, 2.24) is 0 Å². The molecular formula is C23H30O2Si. The molecule has 1 heterocycles. The topological polar surface area (TPSA) is 37.3 Å². The molecule has 3 heteroatoms. The third-order valence-electron chi connectivity index (χ3n) is 6.16. The first-order valence-corrected chi connectivity index (χ1v) is 12.5. The fourth-order valence-electron chi connectivity index (χ4n) is 4.44. The molecule has 0 atom stereocenters. The van der Waals surface area contributed by atoms with Crippen LogP contribution in [0.15, 0.2) is 54.6 Å². The van der Waals surface area contributed by atoms with E-state index in [1.807, 2.05) is 12.1 Å². The smallest absolute Gasteiger partial charge is 0.335 e. The maximum atomic E-state index is 11.1. The number of aromatic carboxylic acids is 1. The standard InChI is InChI=1S/C23H30O2Si/c1-18(2)12-15-26(22-6-4-3-5-7-22)16-13-20(14-17-26)19-8-10-21(11-9-19)23(24)25/h3-11,18,20H,12-17H2,1-2H3,(H,24,25). The Labute approximate surface area is 158 Å². The highest BCUT2D eigenvalue weighted by molar-refractivity contribution is 6.92. The summed E-state index contributed by atoms with van der Waals surface area (Å²) in [5.41, 5.74) is 1.70. The molecule has 2 aromatic rings. The van der Waals surface area contributed by atoms with Crippen LogP contribution in [-0.2, 0) is 0 Å². The monoisotopic (exact) mass is 366 g/mol. The van der Waals surface area contributed by atoms with Crippen LogP contribution in [-0.4, -0.2) is 19.1 Å². The molecule has 0 unspecified atom stereocenters. The fraction of sp³-hybridized carbons (Fsp3) is 0.435. The Bertz CT molecular complexity index is 714. The number of benzene rings is 2. The molecule has 1 aliphatic rings. The van der Waals surface area contributed by atoms with Gasteiger partial charge in [0.25, 0.3) is 0 Å². The van der Waals surface area contributed by atoms with E-state index >= 15 is 0 Å². The Kier molecular flexibility index (Phi) is 5.97. The van der Waals surface area contributed by atoms with E-state index in [0.717, 1.165) is 5.92 Å². The summed E-state index contributed by atoms with van der Waals surface area (Å²) in [4.78, 5) is 11.1. The zero-order chi connectivity index (χ0) is 18.6. The second kappa shape index (κ2) is 8.21. The highest BCUT2D eigenvalue weighted by Crippen LogP contribution is 2.41. The molecule has 0 saturated carbocycles. The first-order valence-electron chi connectivity index (χ1n) is 9.89. The summed E-state index contributed by atoms with van der Waals surface area (Å²) in [5.74, 6) is 0.509. The predicted octanol–water partition coefficient (Wildman–Crippen LogP) is 5.66. The number of hydrogen-bond acceptors (Lipinski definition) is 1. The van der Waals surface area contributed by atoms with Crippen LogP contribution in [0.1, 0.15) is 54.9 Å². The molecular weight excluding hydrogens is 336 g/mol. The Morgan fingerprint density at radius 2 is 1.65 bits per heavy atom. The maximum Gasteiger partial charge on any atom is 0.335 e. The highest BCUT2D eigenvalue weighted by Gasteiger charge is 2.38. The average molecular weight is 367 g/mol. The Morgan fingerprint density at radius 1 is 1.04 bits per heavy atom. The van der Waals surface area contributed by atoms with Gasteiger partial charge in [-0.25, -0.2) is 4.79 Å². The van der Waals surface area contributed by atoms with E-state index < -0.39 is 14.0 Å². The van der Waals surface area contributed by atoms with E-state index in [-0.39, 0.29) is 0 Å². The normalized spacial score (nSPS) is 23.1. The van der Waals surface area contributed by atoms with Crippen molar-refractivity contribution in [2.24, 2.45) is 5.92 Å². The summed E-state index contributed by atoms with van der Waals surface area (Å²) >= 11 is 0. The van der Waals surface area contributed by atoms with Gasteiger partial charge in [-0.2, -0.15) is 0 Å². The van der Waals surface area contributed by atoms with E-state index in [2.05, 4.69) is 44.2 Å². The van der Waals surface area contributed by atoms with Crippen molar-refractivity contribution in [3.63, 3.8) is 0 Å². The third-order valence-corrected chi connectivity index (χ3v) is 11.5. The second-order valence-electron chi connectivity index (χ2n) is 8.28. The van der Waals surface area contributed by atoms with Crippen molar-refractivity contribution < 1.29 is 9.90 Å². The molecule has 0 amide bonds. The summed E-state index contributed by atoms with van der Waals surface area (Å²) < 4.78 is 0. The molecule has 1 N–H and O–H groups in total. The Hall–Kier alpha value is -1.87. The molecule has 2 aromatic carbocycles. The minimum Gasteiger partial charge on any atom is -0.478 e. The van der Waals surface area contributed by atoms with E-state index in [1.165, 1.54) is 43.0 Å². The van der Waals surface area contributed by atoms with Gasteiger partial charge in [-0.15, -0.1) is 0 Å². The molecule has 0 aromatic heterocycles. The van der Waals surface area contributed by atoms with Gasteiger partial charge in [-0.3, -0.25) is 0 Å². The van der Waals surface area contributed by atoms with Gasteiger partial charge < -0.3 is 5.11 Å². The first-order chi connectivity index (χ1) is 12.5. The lowest BCUT2D eigenvalue weighted by molar-refractivity contribution is 0.0697. The second-order valence-corrected chi connectivity index (χ2v) is 12.9. The van der Waals surface area contributed by atoms with Gasteiger partial charge in [0.05, 0.1) is 13.6 Å². The van der Waals surface area contributed by atoms with Crippen molar-refractivity contribution in [3.05, 3.63) is 65.7 Å². The third kappa shape index (κ3) is 4.26. The van der Waals surface area contributed by atoms with Crippen LogP contribution >= 0.6 is 0 Å². The van der Waals surface area contributed by atoms with E-state index in [1.54, 1.807) is 17.3 Å². The van der Waals surface area contributed by atoms with Crippen LogP contribution in [0.4, 0.5) is 0 Å². The number of carboxylic acids is 1.